The van der Waals surface area contributed by atoms with Crippen molar-refractivity contribution in [3.8, 4) is 17.5 Å². The second-order valence-electron chi connectivity index (χ2n) is 7.78. The third kappa shape index (κ3) is 7.00. The number of carbonyl (C=O) groups is 1. The smallest absolute Gasteiger partial charge is 0.271 e. The average Bonchev–Trinajstić information content (AvgIpc) is 2.87. The zero-order chi connectivity index (χ0) is 27.0. The number of nitrogens with zero attached hydrogens (tertiary/aromatic N) is 3. The number of nitrogen functional groups attached to an aromatic ring is 1. The third-order valence-corrected chi connectivity index (χ3v) is 5.77. The van der Waals surface area contributed by atoms with Gasteiger partial charge < -0.3 is 11.5 Å². The van der Waals surface area contributed by atoms with Gasteiger partial charge in [0.15, 0.2) is 11.5 Å². The van der Waals surface area contributed by atoms with Crippen molar-refractivity contribution in [3.63, 3.8) is 0 Å². The molecule has 0 saturated heterocycles. The van der Waals surface area contributed by atoms with Crippen LogP contribution in [0.2, 0.25) is 0 Å². The van der Waals surface area contributed by atoms with Crippen LogP contribution in [-0.4, -0.2) is 41.7 Å². The van der Waals surface area contributed by atoms with Crippen LogP contribution in [0, 0.1) is 11.8 Å². The number of anilines is 1. The number of hydrogen-bond acceptors (Lipinski definition) is 7. The Morgan fingerprint density at radius 1 is 1.08 bits per heavy atom. The Morgan fingerprint density at radius 3 is 2.38 bits per heavy atom. The molecular formula is C26H26N6O4S. The van der Waals surface area contributed by atoms with Crippen LogP contribution in [0.3, 0.4) is 0 Å². The van der Waals surface area contributed by atoms with Crippen LogP contribution in [0.5, 0.6) is 0 Å². The molecule has 0 aliphatic rings. The number of aryl methyl sites for hydroxylation is 1. The molecule has 37 heavy (non-hydrogen) atoms. The number of pyridine rings is 1. The van der Waals surface area contributed by atoms with Crippen molar-refractivity contribution in [2.75, 3.05) is 18.5 Å². The molecule has 2 heterocycles. The Kier molecular flexibility index (Phi) is 8.73. The van der Waals surface area contributed by atoms with Crippen LogP contribution in [-0.2, 0) is 16.4 Å². The number of primary amides is 1. The van der Waals surface area contributed by atoms with Crippen LogP contribution >= 0.6 is 0 Å². The van der Waals surface area contributed by atoms with Crippen molar-refractivity contribution in [2.24, 2.45) is 5.73 Å². The first-order chi connectivity index (χ1) is 17.6. The number of rotatable bonds is 5. The predicted octanol–water partition coefficient (Wildman–Crippen LogP) is 1.61. The molecule has 0 atom stereocenters. The van der Waals surface area contributed by atoms with E-state index >= 15 is 0 Å². The number of hydrogen-bond donors (Lipinski definition) is 3. The zero-order valence-corrected chi connectivity index (χ0v) is 21.1. The fourth-order valence-corrected chi connectivity index (χ4v) is 3.82. The van der Waals surface area contributed by atoms with Gasteiger partial charge in [0.1, 0.15) is 0 Å². The summed E-state index contributed by atoms with van der Waals surface area (Å²) in [5.41, 5.74) is 12.3. The maximum Gasteiger partial charge on any atom is 0.271 e. The van der Waals surface area contributed by atoms with E-state index in [2.05, 4.69) is 26.5 Å². The molecule has 0 aliphatic carbocycles. The first-order valence-electron chi connectivity index (χ1n) is 11.1. The molecule has 0 bridgehead atoms. The lowest BCUT2D eigenvalue weighted by atomic mass is 10.0. The molecule has 2 aromatic carbocycles. The average molecular weight is 519 g/mol. The Hall–Kier alpha value is -4.53. The lowest BCUT2D eigenvalue weighted by molar-refractivity contribution is 0.0996. The number of benzene rings is 2. The number of aromatic nitrogens is 3. The maximum atomic E-state index is 13.3. The van der Waals surface area contributed by atoms with Crippen molar-refractivity contribution in [1.82, 2.24) is 19.3 Å². The summed E-state index contributed by atoms with van der Waals surface area (Å²) in [5.74, 6) is 5.11. The zero-order valence-electron chi connectivity index (χ0n) is 20.3. The predicted molar refractivity (Wildman–Crippen MR) is 144 cm³/mol. The molecule has 0 saturated carbocycles. The standard InChI is InChI=1S/C21H20N2O3S.C5H6N4O/c1-3-18-15-17-10-7-9-16(11-8-14-22-27(2,25)26)20(17)21(24)23(18)19-12-5-4-6-13-19;6-4-3(5(7)10)8-1-2-9-4/h4-7,9-10,12-13,15,22H,3,14H2,1-2H3;1-2H,(H2,6,9)(H2,7,10). The molecular weight excluding hydrogens is 492 g/mol. The van der Waals surface area contributed by atoms with Crippen molar-refractivity contribution >= 4 is 32.5 Å². The highest BCUT2D eigenvalue weighted by atomic mass is 32.2. The molecule has 0 fully saturated rings. The number of carbonyl (C=O) groups excluding carboxylic acids is 1. The summed E-state index contributed by atoms with van der Waals surface area (Å²) < 4.78 is 26.3. The minimum absolute atomic E-state index is 0.00482. The van der Waals surface area contributed by atoms with Crippen LogP contribution in [0.15, 0.2) is 71.8 Å². The molecule has 11 heteroatoms. The van der Waals surface area contributed by atoms with Crippen LogP contribution in [0.4, 0.5) is 5.82 Å². The van der Waals surface area contributed by atoms with Gasteiger partial charge in [0.25, 0.3) is 11.5 Å². The first kappa shape index (κ1) is 27.1. The number of fused-ring (bicyclic) bond motifs is 1. The minimum atomic E-state index is -3.30. The van der Waals surface area contributed by atoms with Gasteiger partial charge in [-0.1, -0.05) is 49.1 Å². The number of sulfonamides is 1. The fourth-order valence-electron chi connectivity index (χ4n) is 3.49. The summed E-state index contributed by atoms with van der Waals surface area (Å²) >= 11 is 0. The van der Waals surface area contributed by atoms with Gasteiger partial charge in [-0.3, -0.25) is 14.2 Å². The molecule has 4 aromatic rings. The minimum Gasteiger partial charge on any atom is -0.382 e. The van der Waals surface area contributed by atoms with Gasteiger partial charge >= 0.3 is 0 Å². The van der Waals surface area contributed by atoms with Crippen molar-refractivity contribution in [1.29, 1.82) is 0 Å². The van der Waals surface area contributed by atoms with Gasteiger partial charge in [-0.05, 0) is 36.1 Å². The van der Waals surface area contributed by atoms with E-state index in [0.29, 0.717) is 17.4 Å². The topological polar surface area (TPSA) is 163 Å². The summed E-state index contributed by atoms with van der Waals surface area (Å²) in [7, 11) is -3.30. The second-order valence-corrected chi connectivity index (χ2v) is 9.62. The molecule has 190 valence electrons. The number of nitrogens with one attached hydrogen (secondary N) is 1. The Labute approximate surface area is 214 Å². The number of amides is 1. The van der Waals surface area contributed by atoms with E-state index in [-0.39, 0.29) is 23.6 Å². The van der Waals surface area contributed by atoms with Gasteiger partial charge in [-0.2, -0.15) is 0 Å². The highest BCUT2D eigenvalue weighted by molar-refractivity contribution is 7.88. The highest BCUT2D eigenvalue weighted by Gasteiger charge is 2.12. The van der Waals surface area contributed by atoms with Crippen molar-refractivity contribution < 1.29 is 13.2 Å². The van der Waals surface area contributed by atoms with E-state index in [1.165, 1.54) is 12.4 Å². The molecule has 0 aliphatic heterocycles. The van der Waals surface area contributed by atoms with Crippen LogP contribution < -0.4 is 21.7 Å². The van der Waals surface area contributed by atoms with Crippen LogP contribution in [0.1, 0.15) is 28.7 Å². The quantitative estimate of drug-likeness (QED) is 0.338. The molecule has 0 unspecified atom stereocenters. The summed E-state index contributed by atoms with van der Waals surface area (Å²) in [4.78, 5) is 31.0. The fraction of sp³-hybridized carbons (Fsp3) is 0.154. The van der Waals surface area contributed by atoms with E-state index in [0.717, 1.165) is 23.0 Å². The van der Waals surface area contributed by atoms with Gasteiger partial charge in [-0.25, -0.2) is 23.1 Å². The van der Waals surface area contributed by atoms with Gasteiger partial charge in [0.2, 0.25) is 10.0 Å². The molecule has 10 nitrogen and oxygen atoms in total. The van der Waals surface area contributed by atoms with E-state index in [1.807, 2.05) is 55.5 Å². The summed E-state index contributed by atoms with van der Waals surface area (Å²) in [6.45, 7) is 2.01. The van der Waals surface area contributed by atoms with E-state index in [1.54, 1.807) is 10.6 Å². The lowest BCUT2D eigenvalue weighted by Gasteiger charge is -2.14. The molecule has 0 radical (unpaired) electrons. The van der Waals surface area contributed by atoms with Gasteiger partial charge in [-0.15, -0.1) is 0 Å². The van der Waals surface area contributed by atoms with Gasteiger partial charge in [0, 0.05) is 29.3 Å². The summed E-state index contributed by atoms with van der Waals surface area (Å²) in [6, 6.07) is 17.0. The lowest BCUT2D eigenvalue weighted by Crippen LogP contribution is -2.23. The summed E-state index contributed by atoms with van der Waals surface area (Å²) in [5, 5.41) is 1.36. The number of nitrogens with two attached hydrogens (primary N) is 2. The molecule has 2 aromatic heterocycles. The number of para-hydroxylation sites is 1. The van der Waals surface area contributed by atoms with E-state index in [4.69, 9.17) is 11.5 Å². The van der Waals surface area contributed by atoms with Crippen molar-refractivity contribution in [3.05, 3.63) is 94.3 Å². The first-order valence-corrected chi connectivity index (χ1v) is 13.0. The Morgan fingerprint density at radius 2 is 1.78 bits per heavy atom. The normalized spacial score (nSPS) is 10.6. The molecule has 1 amide bonds. The highest BCUT2D eigenvalue weighted by Crippen LogP contribution is 2.19. The monoisotopic (exact) mass is 518 g/mol. The SMILES string of the molecule is CCc1cc2cccc(C#CCNS(C)(=O)=O)c2c(=O)n1-c1ccccc1.NC(=O)c1nccnc1N. The molecule has 4 rings (SSSR count). The maximum absolute atomic E-state index is 13.3. The Balaban J connectivity index is 0.000000319. The van der Waals surface area contributed by atoms with Gasteiger partial charge in [0.05, 0.1) is 18.2 Å². The Bertz CT molecular complexity index is 1660. The third-order valence-electron chi connectivity index (χ3n) is 5.11. The molecule has 5 N–H and O–H groups in total. The largest absolute Gasteiger partial charge is 0.382 e. The molecule has 0 spiro atoms. The summed E-state index contributed by atoms with van der Waals surface area (Å²) in [6.07, 6.45) is 4.55. The van der Waals surface area contributed by atoms with E-state index in [9.17, 15) is 18.0 Å². The van der Waals surface area contributed by atoms with Crippen molar-refractivity contribution in [2.45, 2.75) is 13.3 Å². The van der Waals surface area contributed by atoms with Crippen LogP contribution in [0.25, 0.3) is 16.5 Å². The second kappa shape index (κ2) is 11.9. The van der Waals surface area contributed by atoms with E-state index < -0.39 is 15.9 Å².